The van der Waals surface area contributed by atoms with Crippen molar-refractivity contribution in [3.8, 4) is 0 Å². The monoisotopic (exact) mass is 205 g/mol. The number of hydrogen-bond donors (Lipinski definition) is 1. The standard InChI is InChI=1S/C12H19N3/c1-5-15(8-9(2)3)11-6-7-14-10(4)12(11)13/h5-7,9H,1,8,13H2,2-4H3. The van der Waals surface area contributed by atoms with E-state index in [1.54, 1.807) is 6.20 Å². The van der Waals surface area contributed by atoms with Gasteiger partial charge in [0, 0.05) is 12.7 Å². The van der Waals surface area contributed by atoms with E-state index in [2.05, 4.69) is 30.3 Å². The summed E-state index contributed by atoms with van der Waals surface area (Å²) in [6.45, 7) is 11.0. The molecule has 0 saturated heterocycles. The van der Waals surface area contributed by atoms with E-state index in [1.807, 2.05) is 19.2 Å². The molecule has 1 rings (SSSR count). The molecular formula is C12H19N3. The lowest BCUT2D eigenvalue weighted by Gasteiger charge is -2.24. The van der Waals surface area contributed by atoms with Crippen molar-refractivity contribution in [1.82, 2.24) is 4.98 Å². The molecule has 0 aliphatic carbocycles. The molecule has 0 atom stereocenters. The van der Waals surface area contributed by atoms with E-state index < -0.39 is 0 Å². The van der Waals surface area contributed by atoms with Crippen LogP contribution in [0.3, 0.4) is 0 Å². The van der Waals surface area contributed by atoms with Crippen molar-refractivity contribution in [3.63, 3.8) is 0 Å². The maximum Gasteiger partial charge on any atom is 0.0771 e. The van der Waals surface area contributed by atoms with E-state index in [0.29, 0.717) is 5.92 Å². The number of nitrogens with zero attached hydrogens (tertiary/aromatic N) is 2. The van der Waals surface area contributed by atoms with Crippen molar-refractivity contribution in [2.75, 3.05) is 17.2 Å². The topological polar surface area (TPSA) is 42.2 Å². The van der Waals surface area contributed by atoms with Crippen molar-refractivity contribution < 1.29 is 0 Å². The van der Waals surface area contributed by atoms with Gasteiger partial charge in [0.1, 0.15) is 0 Å². The molecule has 1 aromatic heterocycles. The Bertz CT molecular complexity index is 345. The highest BCUT2D eigenvalue weighted by molar-refractivity contribution is 5.70. The molecule has 1 heterocycles. The third-order valence-corrected chi connectivity index (χ3v) is 2.26. The van der Waals surface area contributed by atoms with Crippen molar-refractivity contribution in [3.05, 3.63) is 30.7 Å². The predicted octanol–water partition coefficient (Wildman–Crippen LogP) is 2.58. The van der Waals surface area contributed by atoms with Crippen LogP contribution in [0.4, 0.5) is 11.4 Å². The number of aromatic nitrogens is 1. The first-order valence-corrected chi connectivity index (χ1v) is 5.16. The van der Waals surface area contributed by atoms with Gasteiger partial charge in [-0.3, -0.25) is 4.98 Å². The van der Waals surface area contributed by atoms with Gasteiger partial charge in [-0.1, -0.05) is 20.4 Å². The average molecular weight is 205 g/mol. The number of rotatable bonds is 4. The number of hydrogen-bond acceptors (Lipinski definition) is 3. The van der Waals surface area contributed by atoms with Gasteiger partial charge in [0.05, 0.1) is 17.1 Å². The zero-order valence-electron chi connectivity index (χ0n) is 9.70. The lowest BCUT2D eigenvalue weighted by molar-refractivity contribution is 0.649. The lowest BCUT2D eigenvalue weighted by Crippen LogP contribution is -2.22. The average Bonchev–Trinajstić information content (AvgIpc) is 2.19. The van der Waals surface area contributed by atoms with Crippen LogP contribution in [-0.2, 0) is 0 Å². The van der Waals surface area contributed by atoms with Crippen molar-refractivity contribution in [1.29, 1.82) is 0 Å². The van der Waals surface area contributed by atoms with E-state index in [9.17, 15) is 0 Å². The minimum Gasteiger partial charge on any atom is -0.396 e. The molecule has 15 heavy (non-hydrogen) atoms. The van der Waals surface area contributed by atoms with Crippen molar-refractivity contribution >= 4 is 11.4 Å². The molecule has 0 unspecified atom stereocenters. The van der Waals surface area contributed by atoms with E-state index in [-0.39, 0.29) is 0 Å². The van der Waals surface area contributed by atoms with Crippen LogP contribution >= 0.6 is 0 Å². The zero-order valence-corrected chi connectivity index (χ0v) is 9.70. The molecule has 0 spiro atoms. The zero-order chi connectivity index (χ0) is 11.4. The Labute approximate surface area is 91.6 Å². The van der Waals surface area contributed by atoms with Gasteiger partial charge >= 0.3 is 0 Å². The molecule has 82 valence electrons. The maximum atomic E-state index is 5.98. The smallest absolute Gasteiger partial charge is 0.0771 e. The van der Waals surface area contributed by atoms with Gasteiger partial charge in [0.15, 0.2) is 0 Å². The molecule has 0 aliphatic heterocycles. The Kier molecular flexibility index (Phi) is 3.72. The first-order chi connectivity index (χ1) is 7.06. The molecule has 0 radical (unpaired) electrons. The van der Waals surface area contributed by atoms with Gasteiger partial charge in [0.25, 0.3) is 0 Å². The highest BCUT2D eigenvalue weighted by atomic mass is 15.1. The fraction of sp³-hybridized carbons (Fsp3) is 0.417. The van der Waals surface area contributed by atoms with Crippen LogP contribution in [0.5, 0.6) is 0 Å². The Hall–Kier alpha value is -1.51. The lowest BCUT2D eigenvalue weighted by atomic mass is 10.2. The first-order valence-electron chi connectivity index (χ1n) is 5.16. The third-order valence-electron chi connectivity index (χ3n) is 2.26. The Morgan fingerprint density at radius 2 is 2.27 bits per heavy atom. The van der Waals surface area contributed by atoms with Gasteiger partial charge in [-0.05, 0) is 25.1 Å². The molecule has 3 heteroatoms. The highest BCUT2D eigenvalue weighted by Gasteiger charge is 2.10. The van der Waals surface area contributed by atoms with Crippen LogP contribution in [0.1, 0.15) is 19.5 Å². The first kappa shape index (κ1) is 11.6. The van der Waals surface area contributed by atoms with E-state index in [0.717, 1.165) is 23.6 Å². The molecule has 0 aromatic carbocycles. The van der Waals surface area contributed by atoms with Crippen molar-refractivity contribution in [2.24, 2.45) is 5.92 Å². The number of nitrogen functional groups attached to an aromatic ring is 1. The van der Waals surface area contributed by atoms with Gasteiger partial charge in [0.2, 0.25) is 0 Å². The molecule has 0 bridgehead atoms. The molecule has 0 fully saturated rings. The fourth-order valence-corrected chi connectivity index (χ4v) is 1.48. The van der Waals surface area contributed by atoms with Crippen LogP contribution in [0.2, 0.25) is 0 Å². The number of anilines is 2. The summed E-state index contributed by atoms with van der Waals surface area (Å²) in [6, 6.07) is 1.92. The third kappa shape index (κ3) is 2.72. The van der Waals surface area contributed by atoms with Crippen LogP contribution in [0.25, 0.3) is 0 Å². The molecular weight excluding hydrogens is 186 g/mol. The van der Waals surface area contributed by atoms with Gasteiger partial charge in [-0.2, -0.15) is 0 Å². The summed E-state index contributed by atoms with van der Waals surface area (Å²) in [5.41, 5.74) is 8.57. The molecule has 3 nitrogen and oxygen atoms in total. The number of aryl methyl sites for hydroxylation is 1. The Morgan fingerprint density at radius 3 is 2.80 bits per heavy atom. The summed E-state index contributed by atoms with van der Waals surface area (Å²) < 4.78 is 0. The van der Waals surface area contributed by atoms with E-state index >= 15 is 0 Å². The Balaban J connectivity index is 3.01. The number of nitrogens with two attached hydrogens (primary N) is 1. The van der Waals surface area contributed by atoms with Crippen LogP contribution in [0.15, 0.2) is 25.0 Å². The molecule has 0 aliphatic rings. The van der Waals surface area contributed by atoms with Crippen LogP contribution in [0, 0.1) is 12.8 Å². The fourth-order valence-electron chi connectivity index (χ4n) is 1.48. The maximum absolute atomic E-state index is 5.98. The van der Waals surface area contributed by atoms with Crippen LogP contribution < -0.4 is 10.6 Å². The molecule has 0 amide bonds. The summed E-state index contributed by atoms with van der Waals surface area (Å²) in [6.07, 6.45) is 3.59. The summed E-state index contributed by atoms with van der Waals surface area (Å²) in [4.78, 5) is 6.21. The predicted molar refractivity (Wildman–Crippen MR) is 65.8 cm³/mol. The second-order valence-electron chi connectivity index (χ2n) is 4.06. The highest BCUT2D eigenvalue weighted by Crippen LogP contribution is 2.25. The van der Waals surface area contributed by atoms with Gasteiger partial charge in [-0.25, -0.2) is 0 Å². The molecule has 0 saturated carbocycles. The summed E-state index contributed by atoms with van der Waals surface area (Å²) in [5, 5.41) is 0. The quantitative estimate of drug-likeness (QED) is 0.821. The van der Waals surface area contributed by atoms with Crippen LogP contribution in [-0.4, -0.2) is 11.5 Å². The SMILES string of the molecule is C=CN(CC(C)C)c1ccnc(C)c1N. The summed E-state index contributed by atoms with van der Waals surface area (Å²) >= 11 is 0. The normalized spacial score (nSPS) is 10.4. The largest absolute Gasteiger partial charge is 0.396 e. The summed E-state index contributed by atoms with van der Waals surface area (Å²) in [7, 11) is 0. The number of pyridine rings is 1. The molecule has 1 aromatic rings. The minimum atomic E-state index is 0.566. The van der Waals surface area contributed by atoms with E-state index in [1.165, 1.54) is 0 Å². The summed E-state index contributed by atoms with van der Waals surface area (Å²) in [5.74, 6) is 0.566. The van der Waals surface area contributed by atoms with E-state index in [4.69, 9.17) is 5.73 Å². The van der Waals surface area contributed by atoms with Gasteiger partial charge < -0.3 is 10.6 Å². The second kappa shape index (κ2) is 4.82. The Morgan fingerprint density at radius 1 is 1.60 bits per heavy atom. The molecule has 2 N–H and O–H groups in total. The van der Waals surface area contributed by atoms with Crippen molar-refractivity contribution in [2.45, 2.75) is 20.8 Å². The minimum absolute atomic E-state index is 0.566. The van der Waals surface area contributed by atoms with Gasteiger partial charge in [-0.15, -0.1) is 0 Å². The second-order valence-corrected chi connectivity index (χ2v) is 4.06.